The van der Waals surface area contributed by atoms with Crippen LogP contribution in [0.5, 0.6) is 0 Å². The van der Waals surface area contributed by atoms with Crippen molar-refractivity contribution in [3.8, 4) is 0 Å². The molecule has 0 aliphatic carbocycles. The molecule has 4 rings (SSSR count). The van der Waals surface area contributed by atoms with E-state index in [1.165, 1.54) is 4.90 Å². The van der Waals surface area contributed by atoms with Gasteiger partial charge in [-0.15, -0.1) is 0 Å². The van der Waals surface area contributed by atoms with Gasteiger partial charge in [-0.25, -0.2) is 0 Å². The van der Waals surface area contributed by atoms with Crippen LogP contribution in [0.25, 0.3) is 0 Å². The molecular weight excluding hydrogens is 444 g/mol. The molecule has 0 unspecified atom stereocenters. The summed E-state index contributed by atoms with van der Waals surface area (Å²) in [6.45, 7) is 3.42. The molecule has 0 saturated carbocycles. The smallest absolute Gasteiger partial charge is 0.275 e. The Hall–Kier alpha value is -3.78. The summed E-state index contributed by atoms with van der Waals surface area (Å²) in [4.78, 5) is 43.6. The number of amides is 2. The second kappa shape index (κ2) is 8.99. The van der Waals surface area contributed by atoms with E-state index in [9.17, 15) is 19.7 Å². The molecule has 33 heavy (non-hydrogen) atoms. The summed E-state index contributed by atoms with van der Waals surface area (Å²) in [6.07, 6.45) is 1.85. The van der Waals surface area contributed by atoms with Gasteiger partial charge in [-0.2, -0.15) is 0 Å². The number of nitro benzene ring substituents is 1. The minimum absolute atomic E-state index is 0.0451. The number of rotatable bonds is 5. The fourth-order valence-electron chi connectivity index (χ4n) is 4.18. The number of hydrogen-bond acceptors (Lipinski definition) is 5. The lowest BCUT2D eigenvalue weighted by atomic mass is 10.0. The van der Waals surface area contributed by atoms with Crippen molar-refractivity contribution >= 4 is 34.8 Å². The van der Waals surface area contributed by atoms with Gasteiger partial charge in [-0.3, -0.25) is 24.7 Å². The van der Waals surface area contributed by atoms with E-state index >= 15 is 0 Å². The maximum Gasteiger partial charge on any atom is 0.275 e. The summed E-state index contributed by atoms with van der Waals surface area (Å²) >= 11 is 6.09. The first-order valence-corrected chi connectivity index (χ1v) is 10.7. The van der Waals surface area contributed by atoms with Crippen LogP contribution in [0.2, 0.25) is 5.02 Å². The SMILES string of the molecule is Cc1cc(CN2C(=O)c3ccc(Cl)cc3NC(=O)[C@H]2Cc2ccccn2)cc(C)c1[N+](=O)[O-]. The molecule has 1 aliphatic rings. The molecule has 2 heterocycles. The first-order valence-electron chi connectivity index (χ1n) is 10.3. The van der Waals surface area contributed by atoms with Gasteiger partial charge in [-0.05, 0) is 61.9 Å². The molecule has 1 aromatic heterocycles. The largest absolute Gasteiger partial charge is 0.323 e. The third kappa shape index (κ3) is 4.56. The summed E-state index contributed by atoms with van der Waals surface area (Å²) in [5.74, 6) is -0.694. The first kappa shape index (κ1) is 22.4. The van der Waals surface area contributed by atoms with Crippen molar-refractivity contribution in [2.45, 2.75) is 32.9 Å². The van der Waals surface area contributed by atoms with Crippen LogP contribution in [0.1, 0.15) is 32.7 Å². The van der Waals surface area contributed by atoms with E-state index in [2.05, 4.69) is 10.3 Å². The molecule has 0 fully saturated rings. The van der Waals surface area contributed by atoms with Gasteiger partial charge in [0.25, 0.3) is 11.6 Å². The van der Waals surface area contributed by atoms with Crippen molar-refractivity contribution in [3.05, 3.63) is 97.8 Å². The molecular formula is C24H21ClN4O4. The minimum atomic E-state index is -0.839. The molecule has 2 aromatic carbocycles. The third-order valence-corrected chi connectivity index (χ3v) is 5.86. The Morgan fingerprint density at radius 2 is 1.85 bits per heavy atom. The van der Waals surface area contributed by atoms with Crippen LogP contribution in [0.3, 0.4) is 0 Å². The van der Waals surface area contributed by atoms with Crippen molar-refractivity contribution < 1.29 is 14.5 Å². The highest BCUT2D eigenvalue weighted by molar-refractivity contribution is 6.31. The standard InChI is InChI=1S/C24H21ClN4O4/c1-14-9-16(10-15(2)22(14)29(32)33)13-28-21(12-18-5-3-4-8-26-18)23(30)27-20-11-17(25)6-7-19(20)24(28)31/h3-11,21H,12-13H2,1-2H3,(H,27,30)/t21-/m1/s1. The van der Waals surface area contributed by atoms with E-state index in [1.807, 2.05) is 6.07 Å². The van der Waals surface area contributed by atoms with Gasteiger partial charge < -0.3 is 10.2 Å². The average molecular weight is 465 g/mol. The number of fused-ring (bicyclic) bond motifs is 1. The lowest BCUT2D eigenvalue weighted by molar-refractivity contribution is -0.386. The molecule has 0 radical (unpaired) electrons. The van der Waals surface area contributed by atoms with Gasteiger partial charge in [0.2, 0.25) is 5.91 Å². The van der Waals surface area contributed by atoms with Gasteiger partial charge in [0.1, 0.15) is 6.04 Å². The number of halogens is 1. The molecule has 8 nitrogen and oxygen atoms in total. The zero-order valence-electron chi connectivity index (χ0n) is 18.0. The number of carbonyl (C=O) groups excluding carboxylic acids is 2. The highest BCUT2D eigenvalue weighted by Gasteiger charge is 2.36. The lowest BCUT2D eigenvalue weighted by Crippen LogP contribution is -2.46. The van der Waals surface area contributed by atoms with Crippen LogP contribution < -0.4 is 5.32 Å². The summed E-state index contributed by atoms with van der Waals surface area (Å²) in [5, 5.41) is 14.6. The number of nitro groups is 1. The fourth-order valence-corrected chi connectivity index (χ4v) is 4.36. The quantitative estimate of drug-likeness (QED) is 0.443. The van der Waals surface area contributed by atoms with Gasteiger partial charge in [0.05, 0.1) is 16.2 Å². The van der Waals surface area contributed by atoms with Crippen molar-refractivity contribution in [3.63, 3.8) is 0 Å². The highest BCUT2D eigenvalue weighted by atomic mass is 35.5. The number of aromatic nitrogens is 1. The van der Waals surface area contributed by atoms with E-state index < -0.39 is 11.0 Å². The summed E-state index contributed by atoms with van der Waals surface area (Å²) in [5.41, 5.74) is 3.07. The summed E-state index contributed by atoms with van der Waals surface area (Å²) in [7, 11) is 0. The van der Waals surface area contributed by atoms with E-state index in [0.717, 1.165) is 0 Å². The Labute approximate surface area is 195 Å². The van der Waals surface area contributed by atoms with Crippen LogP contribution in [-0.4, -0.2) is 32.7 Å². The highest BCUT2D eigenvalue weighted by Crippen LogP contribution is 2.30. The van der Waals surface area contributed by atoms with Gasteiger partial charge >= 0.3 is 0 Å². The number of carbonyl (C=O) groups is 2. The normalized spacial score (nSPS) is 15.6. The van der Waals surface area contributed by atoms with E-state index in [-0.39, 0.29) is 30.5 Å². The maximum absolute atomic E-state index is 13.6. The molecule has 0 spiro atoms. The van der Waals surface area contributed by atoms with Crippen molar-refractivity contribution in [1.29, 1.82) is 0 Å². The second-order valence-corrected chi connectivity index (χ2v) is 8.42. The van der Waals surface area contributed by atoms with Crippen molar-refractivity contribution in [1.82, 2.24) is 9.88 Å². The number of nitrogens with zero attached hydrogens (tertiary/aromatic N) is 3. The monoisotopic (exact) mass is 464 g/mol. The van der Waals surface area contributed by atoms with E-state index in [0.29, 0.717) is 38.7 Å². The molecule has 0 bridgehead atoms. The van der Waals surface area contributed by atoms with Crippen LogP contribution in [0.4, 0.5) is 11.4 Å². The number of nitrogens with one attached hydrogen (secondary N) is 1. The first-order chi connectivity index (χ1) is 15.7. The zero-order valence-corrected chi connectivity index (χ0v) is 18.8. The Bertz CT molecular complexity index is 1240. The number of aryl methyl sites for hydroxylation is 2. The third-order valence-electron chi connectivity index (χ3n) is 5.62. The number of benzene rings is 2. The lowest BCUT2D eigenvalue weighted by Gasteiger charge is -2.29. The Morgan fingerprint density at radius 1 is 1.12 bits per heavy atom. The molecule has 1 aliphatic heterocycles. The van der Waals surface area contributed by atoms with Crippen LogP contribution >= 0.6 is 11.6 Å². The van der Waals surface area contributed by atoms with E-state index in [1.54, 1.807) is 62.5 Å². The van der Waals surface area contributed by atoms with Crippen molar-refractivity contribution in [2.24, 2.45) is 0 Å². The van der Waals surface area contributed by atoms with E-state index in [4.69, 9.17) is 11.6 Å². The predicted octanol–water partition coefficient (Wildman–Crippen LogP) is 4.47. The Kier molecular flexibility index (Phi) is 6.11. The second-order valence-electron chi connectivity index (χ2n) is 7.99. The summed E-state index contributed by atoms with van der Waals surface area (Å²) in [6, 6.07) is 12.7. The molecule has 0 saturated heterocycles. The van der Waals surface area contributed by atoms with Gasteiger partial charge in [0, 0.05) is 41.0 Å². The van der Waals surface area contributed by atoms with Crippen LogP contribution in [0.15, 0.2) is 54.7 Å². The van der Waals surface area contributed by atoms with Crippen LogP contribution in [-0.2, 0) is 17.8 Å². The molecule has 3 aromatic rings. The van der Waals surface area contributed by atoms with Crippen LogP contribution in [0, 0.1) is 24.0 Å². The molecule has 2 amide bonds. The molecule has 9 heteroatoms. The molecule has 1 atom stereocenters. The zero-order chi connectivity index (χ0) is 23.7. The van der Waals surface area contributed by atoms with Crippen molar-refractivity contribution in [2.75, 3.05) is 5.32 Å². The minimum Gasteiger partial charge on any atom is -0.323 e. The average Bonchev–Trinajstić information content (AvgIpc) is 2.83. The topological polar surface area (TPSA) is 105 Å². The maximum atomic E-state index is 13.6. The van der Waals surface area contributed by atoms with Gasteiger partial charge in [0.15, 0.2) is 0 Å². The van der Waals surface area contributed by atoms with Gasteiger partial charge in [-0.1, -0.05) is 17.7 Å². The predicted molar refractivity (Wildman–Crippen MR) is 124 cm³/mol. The number of anilines is 1. The fraction of sp³-hybridized carbons (Fsp3) is 0.208. The Morgan fingerprint density at radius 3 is 2.48 bits per heavy atom. The molecule has 1 N–H and O–H groups in total. The number of hydrogen-bond donors (Lipinski definition) is 1. The summed E-state index contributed by atoms with van der Waals surface area (Å²) < 4.78 is 0. The Balaban J connectivity index is 1.78. The number of pyridine rings is 1. The molecule has 168 valence electrons.